The molecule has 0 saturated carbocycles. The third-order valence-corrected chi connectivity index (χ3v) is 5.00. The number of hydrogen-bond acceptors (Lipinski definition) is 3. The molecule has 1 aliphatic heterocycles. The summed E-state index contributed by atoms with van der Waals surface area (Å²) in [5.41, 5.74) is 3.33. The van der Waals surface area contributed by atoms with E-state index in [1.165, 1.54) is 23.3 Å². The summed E-state index contributed by atoms with van der Waals surface area (Å²) in [6.45, 7) is 6.42. The average Bonchev–Trinajstić information content (AvgIpc) is 2.95. The molecule has 1 saturated heterocycles. The van der Waals surface area contributed by atoms with Gasteiger partial charge in [-0.3, -0.25) is 4.79 Å². The van der Waals surface area contributed by atoms with E-state index in [-0.39, 0.29) is 17.5 Å². The molecule has 1 amide bonds. The minimum Gasteiger partial charge on any atom is -0.478 e. The van der Waals surface area contributed by atoms with Gasteiger partial charge < -0.3 is 10.0 Å². The molecule has 25 heavy (non-hydrogen) atoms. The molecule has 130 valence electrons. The molecule has 0 aliphatic carbocycles. The molecule has 5 nitrogen and oxygen atoms in total. The van der Waals surface area contributed by atoms with E-state index in [0.29, 0.717) is 23.9 Å². The maximum Gasteiger partial charge on any atom is 0.337 e. The molecule has 1 N–H and O–H groups in total. The van der Waals surface area contributed by atoms with E-state index in [4.69, 9.17) is 5.11 Å². The highest BCUT2D eigenvalue weighted by Crippen LogP contribution is 2.33. The first-order valence-electron chi connectivity index (χ1n) is 8.46. The fourth-order valence-corrected chi connectivity index (χ4v) is 3.64. The van der Waals surface area contributed by atoms with Gasteiger partial charge in [0.05, 0.1) is 11.3 Å². The highest BCUT2D eigenvalue weighted by atomic mass is 16.4. The number of carboxylic acids is 1. The lowest BCUT2D eigenvalue weighted by Gasteiger charge is -2.21. The normalized spacial score (nSPS) is 19.9. The summed E-state index contributed by atoms with van der Waals surface area (Å²) in [5.74, 6) is -0.846. The van der Waals surface area contributed by atoms with Crippen molar-refractivity contribution in [2.24, 2.45) is 0 Å². The van der Waals surface area contributed by atoms with Gasteiger partial charge in [-0.15, -0.1) is 0 Å². The van der Waals surface area contributed by atoms with Gasteiger partial charge in [-0.25, -0.2) is 9.78 Å². The van der Waals surface area contributed by atoms with E-state index >= 15 is 0 Å². The number of likely N-dealkylation sites (tertiary alicyclic amines) is 1. The first-order valence-corrected chi connectivity index (χ1v) is 8.46. The van der Waals surface area contributed by atoms with Crippen LogP contribution in [0.5, 0.6) is 0 Å². The zero-order chi connectivity index (χ0) is 18.1. The van der Waals surface area contributed by atoms with E-state index in [9.17, 15) is 9.59 Å². The molecule has 1 aliphatic rings. The van der Waals surface area contributed by atoms with Crippen LogP contribution in [0.25, 0.3) is 0 Å². The number of rotatable bonds is 3. The van der Waals surface area contributed by atoms with Gasteiger partial charge in [-0.05, 0) is 50.5 Å². The van der Waals surface area contributed by atoms with Crippen molar-refractivity contribution in [1.29, 1.82) is 0 Å². The van der Waals surface area contributed by atoms with Crippen LogP contribution < -0.4 is 0 Å². The number of carbonyl (C=O) groups excluding carboxylic acids is 1. The number of nitrogens with zero attached hydrogens (tertiary/aromatic N) is 2. The fourth-order valence-electron chi connectivity index (χ4n) is 3.64. The average molecular weight is 338 g/mol. The number of carboxylic acid groups (broad SMARTS) is 1. The van der Waals surface area contributed by atoms with Crippen molar-refractivity contribution in [3.8, 4) is 0 Å². The largest absolute Gasteiger partial charge is 0.478 e. The quantitative estimate of drug-likeness (QED) is 0.931. The van der Waals surface area contributed by atoms with Crippen LogP contribution in [0, 0.1) is 13.8 Å². The smallest absolute Gasteiger partial charge is 0.337 e. The number of aryl methyl sites for hydroxylation is 2. The molecule has 2 unspecified atom stereocenters. The highest BCUT2D eigenvalue weighted by Gasteiger charge is 2.34. The minimum atomic E-state index is -1.03. The third-order valence-electron chi connectivity index (χ3n) is 5.00. The molecule has 3 rings (SSSR count). The first-order chi connectivity index (χ1) is 11.9. The Hall–Kier alpha value is -2.69. The molecule has 5 heteroatoms. The lowest BCUT2D eigenvalue weighted by atomic mass is 9.93. The van der Waals surface area contributed by atoms with Gasteiger partial charge in [0.2, 0.25) is 0 Å². The number of aromatic carboxylic acids is 1. The molecule has 0 spiro atoms. The second kappa shape index (κ2) is 6.67. The van der Waals surface area contributed by atoms with Gasteiger partial charge in [0.25, 0.3) is 5.91 Å². The van der Waals surface area contributed by atoms with Crippen molar-refractivity contribution in [3.63, 3.8) is 0 Å². The molecular formula is C20H22N2O3. The Bertz CT molecular complexity index is 831. The zero-order valence-electron chi connectivity index (χ0n) is 14.7. The van der Waals surface area contributed by atoms with Crippen LogP contribution in [0.15, 0.2) is 36.4 Å². The molecular weight excluding hydrogens is 316 g/mol. The van der Waals surface area contributed by atoms with Crippen LogP contribution in [-0.4, -0.2) is 39.5 Å². The van der Waals surface area contributed by atoms with Crippen LogP contribution >= 0.6 is 0 Å². The maximum atomic E-state index is 12.9. The van der Waals surface area contributed by atoms with E-state index in [1.807, 2.05) is 17.0 Å². The van der Waals surface area contributed by atoms with Crippen molar-refractivity contribution in [2.45, 2.75) is 39.2 Å². The Kier molecular flexibility index (Phi) is 4.57. The Labute approximate surface area is 147 Å². The first kappa shape index (κ1) is 17.1. The molecule has 0 radical (unpaired) electrons. The van der Waals surface area contributed by atoms with Gasteiger partial charge in [-0.1, -0.05) is 24.3 Å². The van der Waals surface area contributed by atoms with Crippen LogP contribution in [0.4, 0.5) is 0 Å². The van der Waals surface area contributed by atoms with E-state index in [2.05, 4.69) is 31.0 Å². The Morgan fingerprint density at radius 1 is 1.16 bits per heavy atom. The Morgan fingerprint density at radius 3 is 2.52 bits per heavy atom. The van der Waals surface area contributed by atoms with Crippen LogP contribution in [-0.2, 0) is 0 Å². The number of aromatic nitrogens is 1. The lowest BCUT2D eigenvalue weighted by Crippen LogP contribution is -2.34. The minimum absolute atomic E-state index is 0.123. The molecule has 2 atom stereocenters. The summed E-state index contributed by atoms with van der Waals surface area (Å²) in [4.78, 5) is 30.0. The summed E-state index contributed by atoms with van der Waals surface area (Å²) >= 11 is 0. The van der Waals surface area contributed by atoms with Crippen molar-refractivity contribution >= 4 is 11.9 Å². The van der Waals surface area contributed by atoms with Gasteiger partial charge in [0.1, 0.15) is 5.69 Å². The van der Waals surface area contributed by atoms with Crippen LogP contribution in [0.2, 0.25) is 0 Å². The number of benzene rings is 1. The topological polar surface area (TPSA) is 70.5 Å². The van der Waals surface area contributed by atoms with Gasteiger partial charge in [0.15, 0.2) is 0 Å². The summed E-state index contributed by atoms with van der Waals surface area (Å²) in [6, 6.07) is 11.4. The molecule has 0 bridgehead atoms. The maximum absolute atomic E-state index is 12.9. The third kappa shape index (κ3) is 3.27. The predicted molar refractivity (Wildman–Crippen MR) is 95.0 cm³/mol. The number of pyridine rings is 1. The van der Waals surface area contributed by atoms with Crippen LogP contribution in [0.3, 0.4) is 0 Å². The van der Waals surface area contributed by atoms with Crippen molar-refractivity contribution in [1.82, 2.24) is 9.88 Å². The molecule has 1 fully saturated rings. The SMILES string of the molecule is Cc1ccccc1C1CC(C)N(C(=O)c2ccc(C(=O)O)c(C)n2)C1. The Balaban J connectivity index is 1.82. The van der Waals surface area contributed by atoms with E-state index in [0.717, 1.165) is 6.42 Å². The Morgan fingerprint density at radius 2 is 1.88 bits per heavy atom. The van der Waals surface area contributed by atoms with Gasteiger partial charge in [-0.2, -0.15) is 0 Å². The van der Waals surface area contributed by atoms with Crippen molar-refractivity contribution < 1.29 is 14.7 Å². The second-order valence-electron chi connectivity index (χ2n) is 6.73. The van der Waals surface area contributed by atoms with E-state index < -0.39 is 5.97 Å². The molecule has 2 aromatic rings. The second-order valence-corrected chi connectivity index (χ2v) is 6.73. The molecule has 2 heterocycles. The number of hydrogen-bond donors (Lipinski definition) is 1. The predicted octanol–water partition coefficient (Wildman–Crippen LogP) is 3.41. The van der Waals surface area contributed by atoms with Crippen LogP contribution in [0.1, 0.15) is 56.9 Å². The summed E-state index contributed by atoms with van der Waals surface area (Å²) in [5, 5.41) is 9.10. The monoisotopic (exact) mass is 338 g/mol. The van der Waals surface area contributed by atoms with Crippen molar-refractivity contribution in [3.05, 3.63) is 64.5 Å². The lowest BCUT2D eigenvalue weighted by molar-refractivity contribution is 0.0690. The fraction of sp³-hybridized carbons (Fsp3) is 0.350. The summed E-state index contributed by atoms with van der Waals surface area (Å²) < 4.78 is 0. The highest BCUT2D eigenvalue weighted by molar-refractivity contribution is 5.94. The van der Waals surface area contributed by atoms with Gasteiger partial charge in [0, 0.05) is 18.5 Å². The number of carbonyl (C=O) groups is 2. The van der Waals surface area contributed by atoms with Crippen molar-refractivity contribution in [2.75, 3.05) is 6.54 Å². The molecule has 1 aromatic heterocycles. The summed E-state index contributed by atoms with van der Waals surface area (Å²) in [7, 11) is 0. The van der Waals surface area contributed by atoms with Gasteiger partial charge >= 0.3 is 5.97 Å². The summed E-state index contributed by atoms with van der Waals surface area (Å²) in [6.07, 6.45) is 0.919. The zero-order valence-corrected chi connectivity index (χ0v) is 14.7. The standard InChI is InChI=1S/C20H22N2O3/c1-12-6-4-5-7-16(12)15-10-13(2)22(11-15)19(23)18-9-8-17(20(24)25)14(3)21-18/h4-9,13,15H,10-11H2,1-3H3,(H,24,25). The number of amides is 1. The van der Waals surface area contributed by atoms with E-state index in [1.54, 1.807) is 6.92 Å². The molecule has 1 aromatic carbocycles.